The molecule has 1 aromatic rings. The number of nitrogens with zero attached hydrogens (tertiary/aromatic N) is 1. The first kappa shape index (κ1) is 14.0. The zero-order valence-corrected chi connectivity index (χ0v) is 10.6. The third-order valence-electron chi connectivity index (χ3n) is 2.63. The minimum Gasteiger partial charge on any atom is -0.481 e. The van der Waals surface area contributed by atoms with Crippen LogP contribution in [0.4, 0.5) is 10.5 Å². The molecule has 0 bridgehead atoms. The van der Waals surface area contributed by atoms with Gasteiger partial charge in [-0.2, -0.15) is 0 Å². The zero-order chi connectivity index (χ0) is 13.5. The second kappa shape index (κ2) is 6.64. The van der Waals surface area contributed by atoms with Gasteiger partial charge in [-0.3, -0.25) is 4.79 Å². The molecule has 0 aromatic heterocycles. The highest BCUT2D eigenvalue weighted by molar-refractivity contribution is 5.89. The van der Waals surface area contributed by atoms with Crippen LogP contribution in [0.15, 0.2) is 24.3 Å². The molecule has 1 rings (SSSR count). The summed E-state index contributed by atoms with van der Waals surface area (Å²) in [6.45, 7) is 2.52. The predicted octanol–water partition coefficient (Wildman–Crippen LogP) is 2.19. The lowest BCUT2D eigenvalue weighted by atomic mass is 10.1. The molecule has 18 heavy (non-hydrogen) atoms. The molecule has 0 heterocycles. The Kier molecular flexibility index (Phi) is 5.17. The molecule has 0 unspecified atom stereocenters. The van der Waals surface area contributed by atoms with Crippen molar-refractivity contribution in [1.29, 1.82) is 0 Å². The molecule has 0 spiro atoms. The number of anilines is 1. The first-order valence-electron chi connectivity index (χ1n) is 5.85. The number of carboxylic acid groups (broad SMARTS) is 1. The van der Waals surface area contributed by atoms with E-state index in [0.29, 0.717) is 18.7 Å². The molecule has 0 aliphatic carbocycles. The summed E-state index contributed by atoms with van der Waals surface area (Å²) < 4.78 is 0. The van der Waals surface area contributed by atoms with Crippen LogP contribution < -0.4 is 5.32 Å². The Morgan fingerprint density at radius 3 is 2.72 bits per heavy atom. The number of aryl methyl sites for hydroxylation is 1. The maximum atomic E-state index is 11.6. The first-order valence-corrected chi connectivity index (χ1v) is 5.85. The normalized spacial score (nSPS) is 9.89. The third kappa shape index (κ3) is 4.45. The zero-order valence-electron chi connectivity index (χ0n) is 10.6. The van der Waals surface area contributed by atoms with E-state index in [9.17, 15) is 9.59 Å². The van der Waals surface area contributed by atoms with Gasteiger partial charge >= 0.3 is 12.0 Å². The maximum absolute atomic E-state index is 11.6. The molecule has 1 aromatic carbocycles. The fourth-order valence-corrected chi connectivity index (χ4v) is 1.42. The van der Waals surface area contributed by atoms with Crippen LogP contribution >= 0.6 is 0 Å². The van der Waals surface area contributed by atoms with Crippen LogP contribution in [0.2, 0.25) is 0 Å². The van der Waals surface area contributed by atoms with Crippen molar-refractivity contribution in [2.45, 2.75) is 19.8 Å². The topological polar surface area (TPSA) is 69.6 Å². The fourth-order valence-electron chi connectivity index (χ4n) is 1.42. The van der Waals surface area contributed by atoms with Crippen molar-refractivity contribution in [2.24, 2.45) is 0 Å². The number of hydrogen-bond donors (Lipinski definition) is 2. The Hall–Kier alpha value is -2.04. The van der Waals surface area contributed by atoms with Gasteiger partial charge in [0.15, 0.2) is 0 Å². The van der Waals surface area contributed by atoms with Crippen LogP contribution in [0, 0.1) is 0 Å². The Morgan fingerprint density at radius 2 is 2.11 bits per heavy atom. The van der Waals surface area contributed by atoms with Gasteiger partial charge in [0.25, 0.3) is 0 Å². The van der Waals surface area contributed by atoms with Crippen molar-refractivity contribution < 1.29 is 14.7 Å². The summed E-state index contributed by atoms with van der Waals surface area (Å²) in [6, 6.07) is 7.06. The van der Waals surface area contributed by atoms with Gasteiger partial charge in [-0.1, -0.05) is 12.1 Å². The quantitative estimate of drug-likeness (QED) is 0.841. The number of carbonyl (C=O) groups is 2. The maximum Gasteiger partial charge on any atom is 0.321 e. The fraction of sp³-hybridized carbons (Fsp3) is 0.385. The van der Waals surface area contributed by atoms with Crippen molar-refractivity contribution in [3.63, 3.8) is 0 Å². The smallest absolute Gasteiger partial charge is 0.321 e. The van der Waals surface area contributed by atoms with Crippen LogP contribution in [0.3, 0.4) is 0 Å². The van der Waals surface area contributed by atoms with Gasteiger partial charge in [-0.15, -0.1) is 0 Å². The molecular formula is C13H18N2O3. The summed E-state index contributed by atoms with van der Waals surface area (Å²) in [4.78, 5) is 23.7. The highest BCUT2D eigenvalue weighted by Gasteiger charge is 2.07. The number of carboxylic acids is 1. The van der Waals surface area contributed by atoms with E-state index in [4.69, 9.17) is 5.11 Å². The van der Waals surface area contributed by atoms with Gasteiger partial charge in [0.05, 0.1) is 0 Å². The minimum atomic E-state index is -0.824. The molecule has 2 N–H and O–H groups in total. The molecule has 5 nitrogen and oxygen atoms in total. The average molecular weight is 250 g/mol. The summed E-state index contributed by atoms with van der Waals surface area (Å²) in [6.07, 6.45) is 0.551. The molecule has 0 aliphatic heterocycles. The second-order valence-electron chi connectivity index (χ2n) is 4.04. The predicted molar refractivity (Wildman–Crippen MR) is 69.7 cm³/mol. The average Bonchev–Trinajstić information content (AvgIpc) is 2.35. The Balaban J connectivity index is 2.64. The Labute approximate surface area is 106 Å². The number of nitrogens with one attached hydrogen (secondary N) is 1. The standard InChI is InChI=1S/C13H18N2O3/c1-3-15(2)13(18)14-11-6-4-5-10(9-11)7-8-12(16)17/h4-6,9H,3,7-8H2,1-2H3,(H,14,18)(H,16,17). The minimum absolute atomic E-state index is 0.0895. The number of aliphatic carboxylic acids is 1. The number of rotatable bonds is 5. The first-order chi connectivity index (χ1) is 8.52. The molecule has 98 valence electrons. The molecule has 2 amide bonds. The van der Waals surface area contributed by atoms with Crippen LogP contribution in [0.1, 0.15) is 18.9 Å². The number of carbonyl (C=O) groups excluding carboxylic acids is 1. The van der Waals surface area contributed by atoms with E-state index in [2.05, 4.69) is 5.32 Å². The summed E-state index contributed by atoms with van der Waals surface area (Å²) in [7, 11) is 1.71. The van der Waals surface area contributed by atoms with E-state index in [0.717, 1.165) is 5.56 Å². The summed E-state index contributed by atoms with van der Waals surface area (Å²) in [5.41, 5.74) is 1.58. The van der Waals surface area contributed by atoms with Gasteiger partial charge < -0.3 is 15.3 Å². The van der Waals surface area contributed by atoms with Gasteiger partial charge in [-0.25, -0.2) is 4.79 Å². The highest BCUT2D eigenvalue weighted by Crippen LogP contribution is 2.12. The van der Waals surface area contributed by atoms with E-state index < -0.39 is 5.97 Å². The monoisotopic (exact) mass is 250 g/mol. The molecular weight excluding hydrogens is 232 g/mol. The van der Waals surface area contributed by atoms with Crippen molar-refractivity contribution in [3.05, 3.63) is 29.8 Å². The van der Waals surface area contributed by atoms with E-state index in [1.807, 2.05) is 13.0 Å². The molecule has 0 aliphatic rings. The Bertz CT molecular complexity index is 432. The molecule has 0 saturated carbocycles. The van der Waals surface area contributed by atoms with Crippen molar-refractivity contribution >= 4 is 17.7 Å². The number of urea groups is 1. The number of benzene rings is 1. The van der Waals surface area contributed by atoms with Crippen LogP contribution in [-0.2, 0) is 11.2 Å². The van der Waals surface area contributed by atoms with Gasteiger partial charge in [0, 0.05) is 25.7 Å². The molecule has 5 heteroatoms. The van der Waals surface area contributed by atoms with E-state index >= 15 is 0 Å². The van der Waals surface area contributed by atoms with Crippen LogP contribution in [0.5, 0.6) is 0 Å². The molecule has 0 fully saturated rings. The summed E-state index contributed by atoms with van der Waals surface area (Å²) in [5.74, 6) is -0.824. The SMILES string of the molecule is CCN(C)C(=O)Nc1cccc(CCC(=O)O)c1. The summed E-state index contributed by atoms with van der Waals surface area (Å²) in [5, 5.41) is 11.4. The van der Waals surface area contributed by atoms with Gasteiger partial charge in [0.1, 0.15) is 0 Å². The van der Waals surface area contributed by atoms with Crippen LogP contribution in [-0.4, -0.2) is 35.6 Å². The van der Waals surface area contributed by atoms with E-state index in [-0.39, 0.29) is 12.5 Å². The summed E-state index contributed by atoms with van der Waals surface area (Å²) >= 11 is 0. The molecule has 0 atom stereocenters. The number of hydrogen-bond acceptors (Lipinski definition) is 2. The van der Waals surface area contributed by atoms with Crippen molar-refractivity contribution in [3.8, 4) is 0 Å². The highest BCUT2D eigenvalue weighted by atomic mass is 16.4. The van der Waals surface area contributed by atoms with E-state index in [1.54, 1.807) is 30.1 Å². The van der Waals surface area contributed by atoms with Crippen molar-refractivity contribution in [2.75, 3.05) is 18.9 Å². The lowest BCUT2D eigenvalue weighted by Crippen LogP contribution is -2.30. The van der Waals surface area contributed by atoms with Gasteiger partial charge in [0.2, 0.25) is 0 Å². The lowest BCUT2D eigenvalue weighted by Gasteiger charge is -2.15. The Morgan fingerprint density at radius 1 is 1.39 bits per heavy atom. The second-order valence-corrected chi connectivity index (χ2v) is 4.04. The van der Waals surface area contributed by atoms with Gasteiger partial charge in [-0.05, 0) is 31.0 Å². The molecule has 0 saturated heterocycles. The van der Waals surface area contributed by atoms with E-state index in [1.165, 1.54) is 0 Å². The molecule has 0 radical (unpaired) electrons. The lowest BCUT2D eigenvalue weighted by molar-refractivity contribution is -0.136. The third-order valence-corrected chi connectivity index (χ3v) is 2.63. The largest absolute Gasteiger partial charge is 0.481 e. The van der Waals surface area contributed by atoms with Crippen molar-refractivity contribution in [1.82, 2.24) is 4.90 Å². The number of amides is 2. The van der Waals surface area contributed by atoms with Crippen LogP contribution in [0.25, 0.3) is 0 Å².